The van der Waals surface area contributed by atoms with E-state index >= 15 is 0 Å². The van der Waals surface area contributed by atoms with Crippen molar-refractivity contribution in [2.45, 2.75) is 121 Å². The normalized spacial score (nSPS) is 24.6. The maximum atomic E-state index is 14.2. The van der Waals surface area contributed by atoms with Crippen LogP contribution >= 0.6 is 11.8 Å². The number of hydrogen-bond donors (Lipinski definition) is 13. The molecule has 0 radical (unpaired) electrons. The van der Waals surface area contributed by atoms with Crippen molar-refractivity contribution in [2.24, 2.45) is 44.6 Å². The number of thioether (sulfide) groups is 1. The van der Waals surface area contributed by atoms with Crippen molar-refractivity contribution < 1.29 is 47.9 Å². The molecule has 0 aromatic carbocycles. The number of nitrogens with two attached hydrogens (primary N) is 5. The summed E-state index contributed by atoms with van der Waals surface area (Å²) in [5.41, 5.74) is 27.4. The van der Waals surface area contributed by atoms with Crippen LogP contribution < -0.4 is 71.2 Å². The molecule has 370 valence electrons. The zero-order valence-electron chi connectivity index (χ0n) is 37.9. The molecule has 2 saturated heterocycles. The number of primary amides is 1. The Labute approximate surface area is 387 Å². The number of hydrogen-bond acceptors (Lipinski definition) is 13. The molecule has 2 fully saturated rings. The molecule has 10 amide bonds. The Morgan fingerprint density at radius 2 is 1.29 bits per heavy atom. The highest BCUT2D eigenvalue weighted by molar-refractivity contribution is 7.98. The fourth-order valence-corrected chi connectivity index (χ4v) is 7.49. The van der Waals surface area contributed by atoms with Crippen LogP contribution in [-0.2, 0) is 47.9 Å². The topological polar surface area (TPSA) is 425 Å². The second-order valence-corrected chi connectivity index (χ2v) is 17.2. The van der Waals surface area contributed by atoms with Gasteiger partial charge in [-0.2, -0.15) is 11.8 Å². The number of amides is 10. The molecule has 2 rings (SSSR count). The molecular weight excluding hydrogens is 885 g/mol. The molecule has 2 aliphatic rings. The van der Waals surface area contributed by atoms with Gasteiger partial charge in [0, 0.05) is 33.1 Å². The average molecular weight is 953 g/mol. The minimum Gasteiger partial charge on any atom is -0.370 e. The summed E-state index contributed by atoms with van der Waals surface area (Å²) >= 11 is 1.39. The number of nitrogens with zero attached hydrogens (tertiary/aromatic N) is 3. The Kier molecular flexibility index (Phi) is 24.1. The minimum atomic E-state index is -1.59. The van der Waals surface area contributed by atoms with Gasteiger partial charge in [0.2, 0.25) is 59.1 Å². The zero-order chi connectivity index (χ0) is 49.5. The Morgan fingerprint density at radius 3 is 1.85 bits per heavy atom. The van der Waals surface area contributed by atoms with Gasteiger partial charge in [-0.1, -0.05) is 13.8 Å². The highest BCUT2D eigenvalue weighted by Crippen LogP contribution is 2.21. The van der Waals surface area contributed by atoms with Crippen LogP contribution in [0.1, 0.15) is 78.6 Å². The smallest absolute Gasteiger partial charge is 0.245 e. The van der Waals surface area contributed by atoms with Gasteiger partial charge in [0.15, 0.2) is 11.9 Å². The summed E-state index contributed by atoms with van der Waals surface area (Å²) < 4.78 is 0. The molecule has 0 aromatic heterocycles. The Morgan fingerprint density at radius 1 is 0.727 bits per heavy atom. The van der Waals surface area contributed by atoms with E-state index in [2.05, 4.69) is 52.5 Å². The van der Waals surface area contributed by atoms with E-state index in [9.17, 15) is 47.9 Å². The Hall–Kier alpha value is -6.41. The van der Waals surface area contributed by atoms with Crippen molar-refractivity contribution in [3.8, 4) is 0 Å². The van der Waals surface area contributed by atoms with Gasteiger partial charge in [-0.25, -0.2) is 0 Å². The predicted octanol–water partition coefficient (Wildman–Crippen LogP) is -6.07. The molecule has 66 heavy (non-hydrogen) atoms. The van der Waals surface area contributed by atoms with Crippen LogP contribution in [0.15, 0.2) is 9.98 Å². The summed E-state index contributed by atoms with van der Waals surface area (Å²) in [5.74, 6) is -8.29. The third-order valence-corrected chi connectivity index (χ3v) is 10.9. The lowest BCUT2D eigenvalue weighted by atomic mass is 10.0. The Balaban J connectivity index is 2.65. The second-order valence-electron chi connectivity index (χ2n) is 16.2. The van der Waals surface area contributed by atoms with Crippen LogP contribution in [-0.4, -0.2) is 163 Å². The highest BCUT2D eigenvalue weighted by atomic mass is 32.2. The summed E-state index contributed by atoms with van der Waals surface area (Å²) in [6.45, 7) is 3.76. The first-order valence-electron chi connectivity index (χ1n) is 21.6. The van der Waals surface area contributed by atoms with Gasteiger partial charge in [0.1, 0.15) is 42.3 Å². The standard InChI is InChI=1S/C39H68N16O10S/c1-20(2)16-26-34(62)51-22(8-5-12-45-38(41)42)32(60)48-19-30(58)50-25(31(40)59)17-29(57)47-18-27(49-21(3)56)35(63)53-24(11-15-66-4)37(65)55-14-7-10-28(55)36(64)52-23(33(61)54-26)9-6-13-46-39(43)44/h20,22-28H,5-19H2,1-4H3,(H2,40,59)(H,47,57)(H,48,60)(H,49,56)(H,50,58)(H,51,62)(H,52,64)(H,53,63)(H,54,61)(H4,41,42,45)(H4,43,44,46)/t22-,23-,24-,25-,26-,27+,28-/m0/s1. The number of aliphatic imine (C=N–C) groups is 2. The molecule has 0 bridgehead atoms. The second kappa shape index (κ2) is 28.5. The average Bonchev–Trinajstić information content (AvgIpc) is 3.73. The number of rotatable bonds is 15. The van der Waals surface area contributed by atoms with E-state index in [1.165, 1.54) is 16.7 Å². The lowest BCUT2D eigenvalue weighted by Gasteiger charge is -2.31. The largest absolute Gasteiger partial charge is 0.370 e. The van der Waals surface area contributed by atoms with Crippen LogP contribution in [0, 0.1) is 5.92 Å². The van der Waals surface area contributed by atoms with Crippen molar-refractivity contribution >= 4 is 82.8 Å². The van der Waals surface area contributed by atoms with Crippen molar-refractivity contribution in [1.82, 2.24) is 47.4 Å². The molecule has 0 unspecified atom stereocenters. The number of carbonyl (C=O) groups excluding carboxylic acids is 10. The molecular formula is C39H68N16O10S. The highest BCUT2D eigenvalue weighted by Gasteiger charge is 2.40. The number of fused-ring (bicyclic) bond motifs is 1. The van der Waals surface area contributed by atoms with E-state index in [-0.39, 0.29) is 82.4 Å². The molecule has 0 aromatic rings. The summed E-state index contributed by atoms with van der Waals surface area (Å²) in [6.07, 6.45) is 2.22. The van der Waals surface area contributed by atoms with Crippen LogP contribution in [0.4, 0.5) is 0 Å². The van der Waals surface area contributed by atoms with Gasteiger partial charge in [-0.05, 0) is 69.3 Å². The van der Waals surface area contributed by atoms with Gasteiger partial charge in [-0.3, -0.25) is 57.9 Å². The van der Waals surface area contributed by atoms with E-state index in [0.29, 0.717) is 12.2 Å². The van der Waals surface area contributed by atoms with Crippen molar-refractivity contribution in [3.63, 3.8) is 0 Å². The van der Waals surface area contributed by atoms with Gasteiger partial charge < -0.3 is 76.1 Å². The van der Waals surface area contributed by atoms with E-state index in [1.54, 1.807) is 20.1 Å². The number of carbonyl (C=O) groups is 10. The molecule has 2 heterocycles. The van der Waals surface area contributed by atoms with E-state index in [0.717, 1.165) is 6.92 Å². The fraction of sp³-hybridized carbons (Fsp3) is 0.692. The zero-order valence-corrected chi connectivity index (χ0v) is 38.8. The quantitative estimate of drug-likeness (QED) is 0.0413. The van der Waals surface area contributed by atoms with Crippen LogP contribution in [0.3, 0.4) is 0 Å². The van der Waals surface area contributed by atoms with Gasteiger partial charge >= 0.3 is 0 Å². The number of nitrogens with one attached hydrogen (secondary N) is 8. The summed E-state index contributed by atoms with van der Waals surface area (Å²) in [5, 5.41) is 20.2. The molecule has 2 aliphatic heterocycles. The first-order chi connectivity index (χ1) is 31.1. The first-order valence-corrected chi connectivity index (χ1v) is 23.0. The fourth-order valence-electron chi connectivity index (χ4n) is 7.02. The Bertz CT molecular complexity index is 1810. The predicted molar refractivity (Wildman–Crippen MR) is 244 cm³/mol. The summed E-state index contributed by atoms with van der Waals surface area (Å²) in [7, 11) is 0. The van der Waals surface area contributed by atoms with E-state index < -0.39 is 121 Å². The first kappa shape index (κ1) is 55.7. The molecule has 27 heteroatoms. The maximum absolute atomic E-state index is 14.2. The SMILES string of the molecule is CSCC[C@@H]1NC(=O)[C@H](NC(C)=O)CNC(=O)C[C@@H](C(N)=O)NC(=O)CNC(=O)[C@H](CCCN=C(N)N)NC(=O)[C@H](CC(C)C)NC(=O)[C@H](CCCN=C(N)N)NC(=O)[C@@H]2CCCN2C1=O. The van der Waals surface area contributed by atoms with Gasteiger partial charge in [-0.15, -0.1) is 0 Å². The number of guanidine groups is 2. The minimum absolute atomic E-state index is 0.00693. The monoisotopic (exact) mass is 953 g/mol. The lowest BCUT2D eigenvalue weighted by Crippen LogP contribution is -2.60. The summed E-state index contributed by atoms with van der Waals surface area (Å²) in [6, 6.07) is -9.11. The maximum Gasteiger partial charge on any atom is 0.245 e. The van der Waals surface area contributed by atoms with E-state index in [4.69, 9.17) is 28.7 Å². The molecule has 18 N–H and O–H groups in total. The van der Waals surface area contributed by atoms with Gasteiger partial charge in [0.05, 0.1) is 13.0 Å². The van der Waals surface area contributed by atoms with Gasteiger partial charge in [0.25, 0.3) is 0 Å². The lowest BCUT2D eigenvalue weighted by molar-refractivity contribution is -0.142. The molecule has 0 aliphatic carbocycles. The van der Waals surface area contributed by atoms with Crippen molar-refractivity contribution in [1.29, 1.82) is 0 Å². The van der Waals surface area contributed by atoms with Crippen LogP contribution in [0.2, 0.25) is 0 Å². The third-order valence-electron chi connectivity index (χ3n) is 10.2. The van der Waals surface area contributed by atoms with Crippen LogP contribution in [0.25, 0.3) is 0 Å². The molecule has 0 spiro atoms. The van der Waals surface area contributed by atoms with Crippen molar-refractivity contribution in [3.05, 3.63) is 0 Å². The molecule has 0 saturated carbocycles. The molecule has 7 atom stereocenters. The molecule has 26 nitrogen and oxygen atoms in total. The van der Waals surface area contributed by atoms with Crippen LogP contribution in [0.5, 0.6) is 0 Å². The van der Waals surface area contributed by atoms with Crippen molar-refractivity contribution in [2.75, 3.05) is 44.7 Å². The van der Waals surface area contributed by atoms with E-state index in [1.807, 2.05) is 0 Å². The third kappa shape index (κ3) is 20.2. The summed E-state index contributed by atoms with van der Waals surface area (Å²) in [4.78, 5) is 143.